The van der Waals surface area contributed by atoms with Crippen molar-refractivity contribution in [1.29, 1.82) is 0 Å². The number of nitrogens with two attached hydrogens (primary N) is 1. The summed E-state index contributed by atoms with van der Waals surface area (Å²) < 4.78 is 2.23. The number of nitrogens with zero attached hydrogens (tertiary/aromatic N) is 1. The molecule has 0 aliphatic heterocycles. The highest BCUT2D eigenvalue weighted by atomic mass is 15.0. The molecular weight excluding hydrogens is 148 g/mol. The van der Waals surface area contributed by atoms with E-state index in [4.69, 9.17) is 5.73 Å². The lowest BCUT2D eigenvalue weighted by Crippen LogP contribution is -2.39. The van der Waals surface area contributed by atoms with Crippen LogP contribution in [0.1, 0.15) is 26.7 Å². The number of rotatable bonds is 4. The Kier molecular flexibility index (Phi) is 2.93. The Morgan fingerprint density at radius 1 is 1.17 bits per heavy atom. The molecule has 0 spiro atoms. The van der Waals surface area contributed by atoms with E-state index in [1.165, 1.54) is 0 Å². The first-order chi connectivity index (χ1) is 5.79. The molecule has 0 radical (unpaired) electrons. The molecule has 2 nitrogen and oxygen atoms in total. The van der Waals surface area contributed by atoms with Crippen molar-refractivity contribution in [3.8, 4) is 0 Å². The largest absolute Gasteiger partial charge is 0.347 e. The maximum atomic E-state index is 5.80. The Morgan fingerprint density at radius 3 is 2.00 bits per heavy atom. The third-order valence-corrected chi connectivity index (χ3v) is 2.85. The van der Waals surface area contributed by atoms with E-state index < -0.39 is 0 Å². The molecule has 2 N–H and O–H groups in total. The van der Waals surface area contributed by atoms with Gasteiger partial charge in [-0.05, 0) is 25.0 Å². The van der Waals surface area contributed by atoms with Crippen LogP contribution >= 0.6 is 0 Å². The Bertz CT molecular complexity index is 201. The Hall–Kier alpha value is -0.760. The average Bonchev–Trinajstić information content (AvgIpc) is 2.62. The Morgan fingerprint density at radius 2 is 1.67 bits per heavy atom. The summed E-state index contributed by atoms with van der Waals surface area (Å²) in [5, 5.41) is 0. The molecule has 1 aromatic rings. The van der Waals surface area contributed by atoms with Crippen molar-refractivity contribution in [2.75, 3.05) is 6.54 Å². The highest BCUT2D eigenvalue weighted by molar-refractivity contribution is 4.98. The first-order valence-electron chi connectivity index (χ1n) is 4.62. The average molecular weight is 166 g/mol. The van der Waals surface area contributed by atoms with E-state index in [0.717, 1.165) is 12.8 Å². The highest BCUT2D eigenvalue weighted by Gasteiger charge is 2.24. The van der Waals surface area contributed by atoms with Crippen LogP contribution in [0.15, 0.2) is 24.5 Å². The summed E-state index contributed by atoms with van der Waals surface area (Å²) >= 11 is 0. The van der Waals surface area contributed by atoms with Crippen LogP contribution in [0.2, 0.25) is 0 Å². The van der Waals surface area contributed by atoms with Crippen LogP contribution in [0, 0.1) is 0 Å². The summed E-state index contributed by atoms with van der Waals surface area (Å²) in [6, 6.07) is 4.10. The lowest BCUT2D eigenvalue weighted by atomic mass is 9.93. The number of aromatic nitrogens is 1. The maximum absolute atomic E-state index is 5.80. The second kappa shape index (κ2) is 3.76. The minimum absolute atomic E-state index is 0.142. The number of hydrogen-bond acceptors (Lipinski definition) is 1. The summed E-state index contributed by atoms with van der Waals surface area (Å²) in [5.74, 6) is 0. The zero-order valence-corrected chi connectivity index (χ0v) is 7.96. The summed E-state index contributed by atoms with van der Waals surface area (Å²) in [6.07, 6.45) is 6.38. The number of hydrogen-bond donors (Lipinski definition) is 1. The van der Waals surface area contributed by atoms with Gasteiger partial charge in [0.2, 0.25) is 0 Å². The SMILES string of the molecule is CCC(CC)(CN)n1cccc1. The molecule has 0 saturated heterocycles. The quantitative estimate of drug-likeness (QED) is 0.728. The zero-order chi connectivity index (χ0) is 9.03. The lowest BCUT2D eigenvalue weighted by molar-refractivity contribution is 0.272. The van der Waals surface area contributed by atoms with Crippen LogP contribution in [0.4, 0.5) is 0 Å². The van der Waals surface area contributed by atoms with Crippen molar-refractivity contribution in [1.82, 2.24) is 4.57 Å². The van der Waals surface area contributed by atoms with Crippen molar-refractivity contribution >= 4 is 0 Å². The monoisotopic (exact) mass is 166 g/mol. The van der Waals surface area contributed by atoms with Gasteiger partial charge in [-0.1, -0.05) is 13.8 Å². The molecule has 1 rings (SSSR count). The van der Waals surface area contributed by atoms with Gasteiger partial charge in [0.1, 0.15) is 0 Å². The van der Waals surface area contributed by atoms with Crippen LogP contribution in [0.3, 0.4) is 0 Å². The predicted molar refractivity (Wildman–Crippen MR) is 52.0 cm³/mol. The Labute approximate surface area is 74.4 Å². The van der Waals surface area contributed by atoms with Crippen molar-refractivity contribution in [3.05, 3.63) is 24.5 Å². The van der Waals surface area contributed by atoms with Gasteiger partial charge in [0.15, 0.2) is 0 Å². The minimum atomic E-state index is 0.142. The topological polar surface area (TPSA) is 30.9 Å². The molecule has 0 unspecified atom stereocenters. The van der Waals surface area contributed by atoms with Crippen LogP contribution in [0.5, 0.6) is 0 Å². The summed E-state index contributed by atoms with van der Waals surface area (Å²) in [6.45, 7) is 5.10. The zero-order valence-electron chi connectivity index (χ0n) is 7.96. The van der Waals surface area contributed by atoms with E-state index in [-0.39, 0.29) is 5.54 Å². The van der Waals surface area contributed by atoms with Crippen LogP contribution in [-0.4, -0.2) is 11.1 Å². The van der Waals surface area contributed by atoms with Crippen molar-refractivity contribution < 1.29 is 0 Å². The highest BCUT2D eigenvalue weighted by Crippen LogP contribution is 2.23. The van der Waals surface area contributed by atoms with Gasteiger partial charge in [0, 0.05) is 18.9 Å². The molecule has 0 aliphatic rings. The van der Waals surface area contributed by atoms with Gasteiger partial charge < -0.3 is 10.3 Å². The first kappa shape index (κ1) is 9.33. The third kappa shape index (κ3) is 1.39. The standard InChI is InChI=1S/C10H18N2/c1-3-10(4-2,9-11)12-7-5-6-8-12/h5-8H,3-4,9,11H2,1-2H3. The molecule has 0 aliphatic carbocycles. The lowest BCUT2D eigenvalue weighted by Gasteiger charge is -2.32. The fraction of sp³-hybridized carbons (Fsp3) is 0.600. The van der Waals surface area contributed by atoms with Crippen LogP contribution in [0.25, 0.3) is 0 Å². The van der Waals surface area contributed by atoms with Crippen molar-refractivity contribution in [2.45, 2.75) is 32.2 Å². The summed E-state index contributed by atoms with van der Waals surface area (Å²) in [5.41, 5.74) is 5.94. The van der Waals surface area contributed by atoms with Gasteiger partial charge >= 0.3 is 0 Å². The van der Waals surface area contributed by atoms with Crippen LogP contribution < -0.4 is 5.73 Å². The second-order valence-corrected chi connectivity index (χ2v) is 3.23. The van der Waals surface area contributed by atoms with Gasteiger partial charge in [-0.15, -0.1) is 0 Å². The second-order valence-electron chi connectivity index (χ2n) is 3.23. The van der Waals surface area contributed by atoms with Gasteiger partial charge in [0.05, 0.1) is 5.54 Å². The van der Waals surface area contributed by atoms with Gasteiger partial charge in [-0.3, -0.25) is 0 Å². The first-order valence-corrected chi connectivity index (χ1v) is 4.62. The van der Waals surface area contributed by atoms with Crippen molar-refractivity contribution in [2.24, 2.45) is 5.73 Å². The van der Waals surface area contributed by atoms with E-state index in [0.29, 0.717) is 6.54 Å². The van der Waals surface area contributed by atoms with Crippen molar-refractivity contribution in [3.63, 3.8) is 0 Å². The normalized spacial score (nSPS) is 11.9. The van der Waals surface area contributed by atoms with E-state index in [1.54, 1.807) is 0 Å². The summed E-state index contributed by atoms with van der Waals surface area (Å²) in [7, 11) is 0. The van der Waals surface area contributed by atoms with E-state index in [9.17, 15) is 0 Å². The third-order valence-electron chi connectivity index (χ3n) is 2.85. The van der Waals surface area contributed by atoms with Crippen LogP contribution in [-0.2, 0) is 5.54 Å². The van der Waals surface area contributed by atoms with Gasteiger partial charge in [0.25, 0.3) is 0 Å². The molecule has 0 atom stereocenters. The molecule has 12 heavy (non-hydrogen) atoms. The minimum Gasteiger partial charge on any atom is -0.347 e. The molecule has 0 bridgehead atoms. The Balaban J connectivity index is 2.93. The smallest absolute Gasteiger partial charge is 0.0556 e. The molecule has 68 valence electrons. The fourth-order valence-electron chi connectivity index (χ4n) is 1.66. The molecule has 1 aromatic heterocycles. The van der Waals surface area contributed by atoms with E-state index in [2.05, 4.69) is 42.9 Å². The maximum Gasteiger partial charge on any atom is 0.0556 e. The van der Waals surface area contributed by atoms with Gasteiger partial charge in [-0.2, -0.15) is 0 Å². The molecule has 2 heteroatoms. The fourth-order valence-corrected chi connectivity index (χ4v) is 1.66. The predicted octanol–water partition coefficient (Wildman–Crippen LogP) is 1.96. The van der Waals surface area contributed by atoms with E-state index in [1.807, 2.05) is 0 Å². The molecule has 1 heterocycles. The molecule has 0 amide bonds. The molecule has 0 saturated carbocycles. The molecule has 0 fully saturated rings. The molecular formula is C10H18N2. The van der Waals surface area contributed by atoms with Gasteiger partial charge in [-0.25, -0.2) is 0 Å². The molecule has 0 aromatic carbocycles. The summed E-state index contributed by atoms with van der Waals surface area (Å²) in [4.78, 5) is 0. The van der Waals surface area contributed by atoms with E-state index >= 15 is 0 Å².